The van der Waals surface area contributed by atoms with Gasteiger partial charge in [0.25, 0.3) is 0 Å². The van der Waals surface area contributed by atoms with Crippen LogP contribution in [-0.2, 0) is 0 Å². The third-order valence-corrected chi connectivity index (χ3v) is 4.47. The summed E-state index contributed by atoms with van der Waals surface area (Å²) < 4.78 is 0. The number of benzene rings is 1. The van der Waals surface area contributed by atoms with Gasteiger partial charge in [-0.2, -0.15) is 11.8 Å². The van der Waals surface area contributed by atoms with Crippen LogP contribution in [-0.4, -0.2) is 23.6 Å². The van der Waals surface area contributed by atoms with Gasteiger partial charge in [0.05, 0.1) is 5.54 Å². The van der Waals surface area contributed by atoms with E-state index < -0.39 is 0 Å². The summed E-state index contributed by atoms with van der Waals surface area (Å²) in [5.41, 5.74) is 8.55. The van der Waals surface area contributed by atoms with E-state index >= 15 is 0 Å². The number of nitrogens with two attached hydrogens (primary N) is 1. The maximum atomic E-state index is 5.95. The van der Waals surface area contributed by atoms with Gasteiger partial charge in [-0.1, -0.05) is 12.1 Å². The molecule has 1 atom stereocenters. The van der Waals surface area contributed by atoms with Gasteiger partial charge in [0, 0.05) is 18.0 Å². The van der Waals surface area contributed by atoms with Crippen LogP contribution in [0, 0.1) is 6.92 Å². The summed E-state index contributed by atoms with van der Waals surface area (Å²) in [6.07, 6.45) is 2.45. The van der Waals surface area contributed by atoms with Gasteiger partial charge in [-0.3, -0.25) is 0 Å². The van der Waals surface area contributed by atoms with Gasteiger partial charge in [0.2, 0.25) is 0 Å². The maximum absolute atomic E-state index is 5.95. The van der Waals surface area contributed by atoms with Crippen LogP contribution in [0.25, 0.3) is 0 Å². The molecule has 88 valence electrons. The zero-order chi connectivity index (χ0) is 11.4. The smallest absolute Gasteiger partial charge is 0.0586 e. The SMILES string of the molecule is Cc1cccc(NC2(CN)CCCSC2)c1. The molecule has 3 N–H and O–H groups in total. The van der Waals surface area contributed by atoms with E-state index in [9.17, 15) is 0 Å². The molecular weight excluding hydrogens is 216 g/mol. The summed E-state index contributed by atoms with van der Waals surface area (Å²) in [6, 6.07) is 8.54. The molecule has 0 bridgehead atoms. The first-order valence-electron chi connectivity index (χ1n) is 5.87. The van der Waals surface area contributed by atoms with Crippen molar-refractivity contribution >= 4 is 17.4 Å². The number of hydrogen-bond acceptors (Lipinski definition) is 3. The minimum absolute atomic E-state index is 0.108. The van der Waals surface area contributed by atoms with Crippen LogP contribution in [0.5, 0.6) is 0 Å². The van der Waals surface area contributed by atoms with Gasteiger partial charge in [0.1, 0.15) is 0 Å². The molecule has 3 heteroatoms. The Bertz CT molecular complexity index is 346. The maximum Gasteiger partial charge on any atom is 0.0586 e. The van der Waals surface area contributed by atoms with Crippen molar-refractivity contribution < 1.29 is 0 Å². The van der Waals surface area contributed by atoms with Gasteiger partial charge in [-0.15, -0.1) is 0 Å². The number of nitrogens with one attached hydrogen (secondary N) is 1. The topological polar surface area (TPSA) is 38.0 Å². The first-order valence-corrected chi connectivity index (χ1v) is 7.02. The van der Waals surface area contributed by atoms with Crippen molar-refractivity contribution in [3.8, 4) is 0 Å². The van der Waals surface area contributed by atoms with Gasteiger partial charge in [-0.25, -0.2) is 0 Å². The molecule has 1 aromatic carbocycles. The highest BCUT2D eigenvalue weighted by Gasteiger charge is 2.30. The van der Waals surface area contributed by atoms with Crippen LogP contribution in [0.3, 0.4) is 0 Å². The average Bonchev–Trinajstić information content (AvgIpc) is 2.30. The summed E-state index contributed by atoms with van der Waals surface area (Å²) in [6.45, 7) is 2.84. The average molecular weight is 236 g/mol. The van der Waals surface area contributed by atoms with Crippen molar-refractivity contribution in [1.29, 1.82) is 0 Å². The van der Waals surface area contributed by atoms with Crippen LogP contribution in [0.2, 0.25) is 0 Å². The Hall–Kier alpha value is -0.670. The fourth-order valence-electron chi connectivity index (χ4n) is 2.19. The van der Waals surface area contributed by atoms with Crippen LogP contribution >= 0.6 is 11.8 Å². The normalized spacial score (nSPS) is 25.4. The van der Waals surface area contributed by atoms with Crippen molar-refractivity contribution in [2.45, 2.75) is 25.3 Å². The quantitative estimate of drug-likeness (QED) is 0.847. The summed E-state index contributed by atoms with van der Waals surface area (Å²) in [4.78, 5) is 0. The summed E-state index contributed by atoms with van der Waals surface area (Å²) in [5.74, 6) is 2.40. The highest BCUT2D eigenvalue weighted by Crippen LogP contribution is 2.29. The molecular formula is C13H20N2S. The van der Waals surface area contributed by atoms with Gasteiger partial charge in [0.15, 0.2) is 0 Å². The Morgan fingerprint density at radius 3 is 3.00 bits per heavy atom. The molecule has 1 aliphatic rings. The largest absolute Gasteiger partial charge is 0.377 e. The van der Waals surface area contributed by atoms with Gasteiger partial charge < -0.3 is 11.1 Å². The third kappa shape index (κ3) is 2.71. The molecule has 0 radical (unpaired) electrons. The highest BCUT2D eigenvalue weighted by atomic mass is 32.2. The summed E-state index contributed by atoms with van der Waals surface area (Å²) >= 11 is 2.01. The lowest BCUT2D eigenvalue weighted by atomic mass is 9.95. The molecule has 1 fully saturated rings. The Labute approximate surface area is 102 Å². The van der Waals surface area contributed by atoms with E-state index in [1.54, 1.807) is 0 Å². The summed E-state index contributed by atoms with van der Waals surface area (Å²) in [5, 5.41) is 3.64. The molecule has 16 heavy (non-hydrogen) atoms. The van der Waals surface area contributed by atoms with E-state index in [2.05, 4.69) is 36.5 Å². The first kappa shape index (κ1) is 11.8. The Morgan fingerprint density at radius 2 is 2.38 bits per heavy atom. The lowest BCUT2D eigenvalue weighted by molar-refractivity contribution is 0.476. The number of aryl methyl sites for hydroxylation is 1. The lowest BCUT2D eigenvalue weighted by Crippen LogP contribution is -2.49. The van der Waals surface area contributed by atoms with E-state index in [1.165, 1.54) is 29.8 Å². The Balaban J connectivity index is 2.11. The molecule has 1 heterocycles. The fourth-order valence-corrected chi connectivity index (χ4v) is 3.41. The number of rotatable bonds is 3. The van der Waals surface area contributed by atoms with Crippen LogP contribution in [0.1, 0.15) is 18.4 Å². The first-order chi connectivity index (χ1) is 7.74. The molecule has 2 rings (SSSR count). The van der Waals surface area contributed by atoms with Crippen molar-refractivity contribution in [2.24, 2.45) is 5.73 Å². The minimum Gasteiger partial charge on any atom is -0.377 e. The number of thioether (sulfide) groups is 1. The summed E-state index contributed by atoms with van der Waals surface area (Å²) in [7, 11) is 0. The standard InChI is InChI=1S/C13H20N2S/c1-11-4-2-5-12(8-11)15-13(9-14)6-3-7-16-10-13/h2,4-5,8,15H,3,6-7,9-10,14H2,1H3. The minimum atomic E-state index is 0.108. The van der Waals surface area contributed by atoms with Crippen LogP contribution in [0.15, 0.2) is 24.3 Å². The molecule has 0 saturated carbocycles. The molecule has 0 amide bonds. The van der Waals surface area contributed by atoms with E-state index in [1.807, 2.05) is 11.8 Å². The Kier molecular flexibility index (Phi) is 3.77. The van der Waals surface area contributed by atoms with Crippen molar-refractivity contribution in [3.05, 3.63) is 29.8 Å². The molecule has 1 aliphatic heterocycles. The van der Waals surface area contributed by atoms with Crippen molar-refractivity contribution in [2.75, 3.05) is 23.4 Å². The number of anilines is 1. The zero-order valence-corrected chi connectivity index (χ0v) is 10.6. The zero-order valence-electron chi connectivity index (χ0n) is 9.83. The second-order valence-corrected chi connectivity index (χ2v) is 5.74. The van der Waals surface area contributed by atoms with E-state index in [4.69, 9.17) is 5.73 Å². The lowest BCUT2D eigenvalue weighted by Gasteiger charge is -2.37. The van der Waals surface area contributed by atoms with E-state index in [0.717, 1.165) is 5.75 Å². The molecule has 1 aromatic rings. The number of hydrogen-bond donors (Lipinski definition) is 2. The van der Waals surface area contributed by atoms with Crippen LogP contribution in [0.4, 0.5) is 5.69 Å². The molecule has 0 aliphatic carbocycles. The monoisotopic (exact) mass is 236 g/mol. The predicted octanol–water partition coefficient (Wildman–Crippen LogP) is 2.63. The molecule has 0 aromatic heterocycles. The highest BCUT2D eigenvalue weighted by molar-refractivity contribution is 7.99. The molecule has 1 unspecified atom stereocenters. The third-order valence-electron chi connectivity index (χ3n) is 3.14. The van der Waals surface area contributed by atoms with Crippen LogP contribution < -0.4 is 11.1 Å². The van der Waals surface area contributed by atoms with Crippen molar-refractivity contribution in [1.82, 2.24) is 0 Å². The van der Waals surface area contributed by atoms with E-state index in [0.29, 0.717) is 6.54 Å². The van der Waals surface area contributed by atoms with Gasteiger partial charge >= 0.3 is 0 Å². The molecule has 1 saturated heterocycles. The second kappa shape index (κ2) is 5.11. The fraction of sp³-hybridized carbons (Fsp3) is 0.538. The van der Waals surface area contributed by atoms with Crippen molar-refractivity contribution in [3.63, 3.8) is 0 Å². The molecule has 0 spiro atoms. The predicted molar refractivity (Wildman–Crippen MR) is 73.1 cm³/mol. The van der Waals surface area contributed by atoms with E-state index in [-0.39, 0.29) is 5.54 Å². The molecule has 2 nitrogen and oxygen atoms in total. The van der Waals surface area contributed by atoms with Gasteiger partial charge in [-0.05, 0) is 43.2 Å². The second-order valence-electron chi connectivity index (χ2n) is 4.64. The Morgan fingerprint density at radius 1 is 1.50 bits per heavy atom.